The predicted molar refractivity (Wildman–Crippen MR) is 90.0 cm³/mol. The molecule has 0 saturated carbocycles. The third-order valence-electron chi connectivity index (χ3n) is 3.78. The van der Waals surface area contributed by atoms with Crippen LogP contribution in [-0.4, -0.2) is 50.4 Å². The molecule has 1 aromatic rings. The van der Waals surface area contributed by atoms with E-state index in [2.05, 4.69) is 10.0 Å². The molecule has 22 heavy (non-hydrogen) atoms. The first kappa shape index (κ1) is 19.4. The van der Waals surface area contributed by atoms with Crippen LogP contribution < -0.4 is 10.0 Å². The molecule has 1 aliphatic rings. The fourth-order valence-electron chi connectivity index (χ4n) is 2.37. The first-order valence-electron chi connectivity index (χ1n) is 6.92. The van der Waals surface area contributed by atoms with Gasteiger partial charge in [-0.25, -0.2) is 8.42 Å². The molecule has 1 saturated heterocycles. The largest absolute Gasteiger partial charge is 0.336 e. The van der Waals surface area contributed by atoms with Crippen LogP contribution in [0.15, 0.2) is 21.7 Å². The molecule has 2 N–H and O–H groups in total. The van der Waals surface area contributed by atoms with Crippen LogP contribution in [-0.2, 0) is 14.8 Å². The molecule has 1 aromatic heterocycles. The van der Waals surface area contributed by atoms with Gasteiger partial charge in [-0.2, -0.15) is 4.72 Å². The van der Waals surface area contributed by atoms with E-state index >= 15 is 0 Å². The van der Waals surface area contributed by atoms with Crippen LogP contribution in [0, 0.1) is 0 Å². The fourth-order valence-corrected chi connectivity index (χ4v) is 4.58. The van der Waals surface area contributed by atoms with Crippen LogP contribution in [0.5, 0.6) is 0 Å². The molecule has 3 atom stereocenters. The molecule has 6 nitrogen and oxygen atoms in total. The summed E-state index contributed by atoms with van der Waals surface area (Å²) in [5.74, 6) is -0.184. The van der Waals surface area contributed by atoms with E-state index in [9.17, 15) is 13.2 Å². The molecule has 0 spiro atoms. The molecular weight excluding hydrogens is 346 g/mol. The van der Waals surface area contributed by atoms with Crippen molar-refractivity contribution in [2.24, 2.45) is 0 Å². The number of hydrogen-bond donors (Lipinski definition) is 2. The molecule has 1 aliphatic heterocycles. The third kappa shape index (κ3) is 4.20. The van der Waals surface area contributed by atoms with Gasteiger partial charge in [-0.05, 0) is 32.2 Å². The van der Waals surface area contributed by atoms with E-state index in [1.54, 1.807) is 23.3 Å². The Morgan fingerprint density at radius 1 is 1.50 bits per heavy atom. The van der Waals surface area contributed by atoms with E-state index in [4.69, 9.17) is 0 Å². The van der Waals surface area contributed by atoms with E-state index < -0.39 is 16.1 Å². The molecule has 2 heterocycles. The summed E-state index contributed by atoms with van der Waals surface area (Å²) in [6.07, 6.45) is 0. The SMILES string of the molecule is CC(NS(=O)(=O)c1cccs1)C(=O)N1CCNC(C)C1C.Cl. The van der Waals surface area contributed by atoms with Crippen molar-refractivity contribution < 1.29 is 13.2 Å². The summed E-state index contributed by atoms with van der Waals surface area (Å²) in [7, 11) is -3.63. The fraction of sp³-hybridized carbons (Fsp3) is 0.615. The number of rotatable bonds is 4. The van der Waals surface area contributed by atoms with Crippen LogP contribution in [0.4, 0.5) is 0 Å². The van der Waals surface area contributed by atoms with Gasteiger partial charge in [0.2, 0.25) is 5.91 Å². The summed E-state index contributed by atoms with van der Waals surface area (Å²) in [5, 5.41) is 4.99. The number of nitrogens with zero attached hydrogens (tertiary/aromatic N) is 1. The van der Waals surface area contributed by atoms with E-state index in [0.29, 0.717) is 6.54 Å². The summed E-state index contributed by atoms with van der Waals surface area (Å²) in [6.45, 7) is 6.89. The Kier molecular flexibility index (Phi) is 6.82. The summed E-state index contributed by atoms with van der Waals surface area (Å²) in [4.78, 5) is 14.2. The maximum absolute atomic E-state index is 12.5. The Hall–Kier alpha value is -0.670. The number of hydrogen-bond acceptors (Lipinski definition) is 5. The molecular formula is C13H22ClN3O3S2. The van der Waals surface area contributed by atoms with Gasteiger partial charge in [0.05, 0.1) is 6.04 Å². The van der Waals surface area contributed by atoms with Gasteiger partial charge in [-0.15, -0.1) is 23.7 Å². The zero-order valence-corrected chi connectivity index (χ0v) is 15.2. The third-order valence-corrected chi connectivity index (χ3v) is 6.72. The molecule has 1 amide bonds. The lowest BCUT2D eigenvalue weighted by atomic mass is 10.1. The molecule has 3 unspecified atom stereocenters. The molecule has 0 radical (unpaired) electrons. The van der Waals surface area contributed by atoms with Gasteiger partial charge < -0.3 is 10.2 Å². The molecule has 0 aliphatic carbocycles. The highest BCUT2D eigenvalue weighted by molar-refractivity contribution is 7.91. The lowest BCUT2D eigenvalue weighted by Gasteiger charge is -2.39. The molecule has 9 heteroatoms. The van der Waals surface area contributed by atoms with Crippen LogP contribution in [0.2, 0.25) is 0 Å². The zero-order chi connectivity index (χ0) is 15.6. The summed E-state index contributed by atoms with van der Waals surface area (Å²) >= 11 is 1.13. The average Bonchev–Trinajstić information content (AvgIpc) is 2.95. The van der Waals surface area contributed by atoms with Gasteiger partial charge in [-0.1, -0.05) is 6.07 Å². The van der Waals surface area contributed by atoms with Crippen molar-refractivity contribution in [1.82, 2.24) is 14.9 Å². The van der Waals surface area contributed by atoms with E-state index in [0.717, 1.165) is 17.9 Å². The Bertz CT molecular complexity index is 592. The average molecular weight is 368 g/mol. The van der Waals surface area contributed by atoms with E-state index in [1.807, 2.05) is 13.8 Å². The van der Waals surface area contributed by atoms with Crippen LogP contribution in [0.25, 0.3) is 0 Å². The first-order valence-corrected chi connectivity index (χ1v) is 9.29. The standard InChI is InChI=1S/C13H21N3O3S2.ClH/c1-9-11(3)16(7-6-14-9)13(17)10(2)15-21(18,19)12-5-4-8-20-12;/h4-5,8-11,14-15H,6-7H2,1-3H3;1H. The summed E-state index contributed by atoms with van der Waals surface area (Å²) in [6, 6.07) is 2.67. The second-order valence-corrected chi connectivity index (χ2v) is 8.18. The summed E-state index contributed by atoms with van der Waals surface area (Å²) < 4.78 is 27.0. The lowest BCUT2D eigenvalue weighted by Crippen LogP contribution is -2.60. The number of piperazine rings is 1. The minimum absolute atomic E-state index is 0. The second-order valence-electron chi connectivity index (χ2n) is 5.29. The molecule has 0 aromatic carbocycles. The number of halogens is 1. The number of carbonyl (C=O) groups is 1. The van der Waals surface area contributed by atoms with Crippen LogP contribution in [0.3, 0.4) is 0 Å². The Morgan fingerprint density at radius 3 is 2.77 bits per heavy atom. The molecule has 126 valence electrons. The predicted octanol–water partition coefficient (Wildman–Crippen LogP) is 1.05. The number of thiophene rings is 1. The van der Waals surface area contributed by atoms with Crippen molar-refractivity contribution in [3.63, 3.8) is 0 Å². The minimum atomic E-state index is -3.63. The van der Waals surface area contributed by atoms with Gasteiger partial charge in [0, 0.05) is 25.2 Å². The number of nitrogens with one attached hydrogen (secondary N) is 2. The van der Waals surface area contributed by atoms with Gasteiger partial charge in [0.25, 0.3) is 10.0 Å². The monoisotopic (exact) mass is 367 g/mol. The smallest absolute Gasteiger partial charge is 0.250 e. The van der Waals surface area contributed by atoms with E-state index in [1.165, 1.54) is 6.07 Å². The van der Waals surface area contributed by atoms with Gasteiger partial charge in [0.1, 0.15) is 4.21 Å². The lowest BCUT2D eigenvalue weighted by molar-refractivity contribution is -0.136. The van der Waals surface area contributed by atoms with Gasteiger partial charge >= 0.3 is 0 Å². The normalized spacial score (nSPS) is 23.7. The second kappa shape index (κ2) is 7.74. The number of amides is 1. The number of carbonyl (C=O) groups excluding carboxylic acids is 1. The highest BCUT2D eigenvalue weighted by Crippen LogP contribution is 2.17. The zero-order valence-electron chi connectivity index (χ0n) is 12.8. The van der Waals surface area contributed by atoms with Crippen molar-refractivity contribution in [2.75, 3.05) is 13.1 Å². The maximum Gasteiger partial charge on any atom is 0.250 e. The Balaban J connectivity index is 0.00000242. The van der Waals surface area contributed by atoms with Gasteiger partial charge in [0.15, 0.2) is 0 Å². The molecule has 0 bridgehead atoms. The molecule has 1 fully saturated rings. The van der Waals surface area contributed by atoms with Crippen LogP contribution in [0.1, 0.15) is 20.8 Å². The summed E-state index contributed by atoms with van der Waals surface area (Å²) in [5.41, 5.74) is 0. The van der Waals surface area contributed by atoms with Crippen LogP contribution >= 0.6 is 23.7 Å². The van der Waals surface area contributed by atoms with Crippen molar-refractivity contribution in [2.45, 2.75) is 43.1 Å². The Morgan fingerprint density at radius 2 is 2.18 bits per heavy atom. The van der Waals surface area contributed by atoms with Crippen molar-refractivity contribution in [3.8, 4) is 0 Å². The minimum Gasteiger partial charge on any atom is -0.336 e. The highest BCUT2D eigenvalue weighted by atomic mass is 35.5. The topological polar surface area (TPSA) is 78.5 Å². The maximum atomic E-state index is 12.5. The molecule has 2 rings (SSSR count). The van der Waals surface area contributed by atoms with Gasteiger partial charge in [-0.3, -0.25) is 4.79 Å². The quantitative estimate of drug-likeness (QED) is 0.833. The Labute approximate surface area is 141 Å². The highest BCUT2D eigenvalue weighted by Gasteiger charge is 2.32. The first-order chi connectivity index (χ1) is 9.83. The van der Waals surface area contributed by atoms with Crippen molar-refractivity contribution in [1.29, 1.82) is 0 Å². The van der Waals surface area contributed by atoms with Crippen molar-refractivity contribution >= 4 is 39.7 Å². The number of sulfonamides is 1. The van der Waals surface area contributed by atoms with E-state index in [-0.39, 0.29) is 34.6 Å². The van der Waals surface area contributed by atoms with Crippen molar-refractivity contribution in [3.05, 3.63) is 17.5 Å².